The van der Waals surface area contributed by atoms with E-state index in [1.54, 1.807) is 11.3 Å². The number of fused-ring (bicyclic) bond motifs is 1. The van der Waals surface area contributed by atoms with Crippen LogP contribution in [0.25, 0.3) is 0 Å². The lowest BCUT2D eigenvalue weighted by molar-refractivity contribution is 0.218. The van der Waals surface area contributed by atoms with Gasteiger partial charge in [0.05, 0.1) is 12.2 Å². The lowest BCUT2D eigenvalue weighted by Gasteiger charge is -2.33. The van der Waals surface area contributed by atoms with E-state index in [1.165, 1.54) is 10.4 Å². The Kier molecular flexibility index (Phi) is 8.51. The smallest absolute Gasteiger partial charge is 0.165 e. The zero-order valence-corrected chi connectivity index (χ0v) is 23.2. The highest BCUT2D eigenvalue weighted by Crippen LogP contribution is 2.45. The Balaban J connectivity index is 1.64. The van der Waals surface area contributed by atoms with Gasteiger partial charge in [0, 0.05) is 16.7 Å². The van der Waals surface area contributed by atoms with Crippen LogP contribution in [0.1, 0.15) is 66.8 Å². The van der Waals surface area contributed by atoms with Crippen LogP contribution in [0.2, 0.25) is 0 Å². The van der Waals surface area contributed by atoms with Crippen LogP contribution in [0.5, 0.6) is 11.5 Å². The minimum Gasteiger partial charge on any atom is -0.490 e. The van der Waals surface area contributed by atoms with Crippen molar-refractivity contribution in [3.05, 3.63) is 87.8 Å². The maximum Gasteiger partial charge on any atom is 0.165 e. The van der Waals surface area contributed by atoms with Gasteiger partial charge in [-0.2, -0.15) is 5.26 Å². The fourth-order valence-corrected chi connectivity index (χ4v) is 6.09. The monoisotopic (exact) mass is 512 g/mol. The van der Waals surface area contributed by atoms with Crippen molar-refractivity contribution in [1.29, 1.82) is 5.26 Å². The predicted molar refractivity (Wildman–Crippen MR) is 154 cm³/mol. The molecule has 1 aliphatic rings. The Hall–Kier alpha value is -3.36. The third-order valence-corrected chi connectivity index (χ3v) is 8.12. The first-order valence-electron chi connectivity index (χ1n) is 13.0. The minimum atomic E-state index is 0.263. The summed E-state index contributed by atoms with van der Waals surface area (Å²) in [6.45, 7) is 13.8. The van der Waals surface area contributed by atoms with E-state index in [0.717, 1.165) is 52.3 Å². The number of hydrogen-bond acceptors (Lipinski definition) is 5. The zero-order valence-electron chi connectivity index (χ0n) is 22.3. The molecule has 2 aromatic carbocycles. The summed E-state index contributed by atoms with van der Waals surface area (Å²) in [6.07, 6.45) is 7.47. The standard InChI is InChI=1S/C32H36N2O2S/c1-6-11-24-16-23(17-28(35-7-2)30(24)36-21-22-12-9-8-10-13-22)20-34-31-27(19-33)26-15-14-25(32(3,4)5)18-29(26)37-31/h6,8-10,12-13,16-17,20,25H,1,7,11,14-15,18,21H2,2-5H3/t25-/m0/s1. The molecule has 0 fully saturated rings. The number of nitrogens with zero attached hydrogens (tertiary/aromatic N) is 2. The second kappa shape index (κ2) is 11.8. The van der Waals surface area contributed by atoms with Crippen LogP contribution in [-0.2, 0) is 25.9 Å². The SMILES string of the molecule is C=CCc1cc(C=Nc2sc3c(c2C#N)CC[C@H](C(C)(C)C)C3)cc(OCC)c1OCc1ccccc1. The molecule has 0 saturated heterocycles. The number of nitriles is 1. The summed E-state index contributed by atoms with van der Waals surface area (Å²) in [7, 11) is 0. The molecule has 1 aromatic heterocycles. The number of benzene rings is 2. The van der Waals surface area contributed by atoms with Crippen molar-refractivity contribution in [2.75, 3.05) is 6.61 Å². The first kappa shape index (κ1) is 26.7. The molecule has 1 atom stereocenters. The van der Waals surface area contributed by atoms with Gasteiger partial charge in [-0.15, -0.1) is 17.9 Å². The summed E-state index contributed by atoms with van der Waals surface area (Å²) in [5, 5.41) is 10.7. The van der Waals surface area contributed by atoms with E-state index in [9.17, 15) is 5.26 Å². The fourth-order valence-electron chi connectivity index (χ4n) is 4.87. The lowest BCUT2D eigenvalue weighted by atomic mass is 9.72. The van der Waals surface area contributed by atoms with Gasteiger partial charge in [-0.1, -0.05) is 57.2 Å². The molecule has 0 bridgehead atoms. The molecule has 4 rings (SSSR count). The summed E-state index contributed by atoms with van der Waals surface area (Å²) >= 11 is 1.67. The van der Waals surface area contributed by atoms with Gasteiger partial charge in [-0.25, -0.2) is 4.99 Å². The van der Waals surface area contributed by atoms with E-state index in [-0.39, 0.29) is 5.41 Å². The molecule has 3 aromatic rings. The number of hydrogen-bond donors (Lipinski definition) is 0. The van der Waals surface area contributed by atoms with Crippen molar-refractivity contribution in [2.24, 2.45) is 16.3 Å². The van der Waals surface area contributed by atoms with Gasteiger partial charge in [0.25, 0.3) is 0 Å². The summed E-state index contributed by atoms with van der Waals surface area (Å²) in [4.78, 5) is 6.14. The van der Waals surface area contributed by atoms with Crippen molar-refractivity contribution in [3.63, 3.8) is 0 Å². The third kappa shape index (κ3) is 6.32. The van der Waals surface area contributed by atoms with E-state index < -0.39 is 0 Å². The van der Waals surface area contributed by atoms with Crippen LogP contribution in [0.3, 0.4) is 0 Å². The maximum atomic E-state index is 9.94. The van der Waals surface area contributed by atoms with Crippen LogP contribution in [0.15, 0.2) is 60.1 Å². The first-order chi connectivity index (χ1) is 17.8. The average Bonchev–Trinajstić information content (AvgIpc) is 3.24. The quantitative estimate of drug-likeness (QED) is 0.214. The Bertz CT molecular complexity index is 1310. The topological polar surface area (TPSA) is 54.6 Å². The molecule has 0 unspecified atom stereocenters. The molecule has 1 heterocycles. The minimum absolute atomic E-state index is 0.263. The van der Waals surface area contributed by atoms with Crippen molar-refractivity contribution in [1.82, 2.24) is 0 Å². The highest BCUT2D eigenvalue weighted by Gasteiger charge is 2.32. The van der Waals surface area contributed by atoms with Gasteiger partial charge in [-0.3, -0.25) is 0 Å². The molecule has 1 aliphatic carbocycles. The highest BCUT2D eigenvalue weighted by molar-refractivity contribution is 7.16. The Labute approximate surface area is 225 Å². The average molecular weight is 513 g/mol. The van der Waals surface area contributed by atoms with Crippen LogP contribution in [0.4, 0.5) is 5.00 Å². The molecular weight excluding hydrogens is 476 g/mol. The molecule has 0 saturated carbocycles. The fraction of sp³-hybridized carbons (Fsp3) is 0.375. The summed E-state index contributed by atoms with van der Waals surface area (Å²) in [6, 6.07) is 16.6. The number of allylic oxidation sites excluding steroid dienone is 1. The zero-order chi connectivity index (χ0) is 26.4. The number of thiophene rings is 1. The van der Waals surface area contributed by atoms with Crippen molar-refractivity contribution in [2.45, 2.75) is 60.0 Å². The summed E-state index contributed by atoms with van der Waals surface area (Å²) in [5.41, 5.74) is 5.21. The third-order valence-electron chi connectivity index (χ3n) is 6.96. The Morgan fingerprint density at radius 2 is 1.97 bits per heavy atom. The van der Waals surface area contributed by atoms with Crippen LogP contribution in [-0.4, -0.2) is 12.8 Å². The molecular formula is C32H36N2O2S. The predicted octanol–water partition coefficient (Wildman–Crippen LogP) is 8.23. The molecule has 5 heteroatoms. The Morgan fingerprint density at radius 1 is 1.19 bits per heavy atom. The van der Waals surface area contributed by atoms with Crippen molar-refractivity contribution >= 4 is 22.6 Å². The van der Waals surface area contributed by atoms with E-state index in [1.807, 2.05) is 55.6 Å². The molecule has 0 spiro atoms. The molecule has 192 valence electrons. The van der Waals surface area contributed by atoms with Gasteiger partial charge in [0.1, 0.15) is 17.7 Å². The van der Waals surface area contributed by atoms with Crippen molar-refractivity contribution < 1.29 is 9.47 Å². The first-order valence-corrected chi connectivity index (χ1v) is 13.8. The molecule has 37 heavy (non-hydrogen) atoms. The number of ether oxygens (including phenoxy) is 2. The summed E-state index contributed by atoms with van der Waals surface area (Å²) < 4.78 is 12.2. The van der Waals surface area contributed by atoms with Crippen LogP contribution >= 0.6 is 11.3 Å². The Morgan fingerprint density at radius 3 is 2.65 bits per heavy atom. The highest BCUT2D eigenvalue weighted by atomic mass is 32.1. The molecule has 4 nitrogen and oxygen atoms in total. The van der Waals surface area contributed by atoms with E-state index in [2.05, 4.69) is 39.5 Å². The van der Waals surface area contributed by atoms with E-state index in [0.29, 0.717) is 31.3 Å². The van der Waals surface area contributed by atoms with Gasteiger partial charge in [-0.05, 0) is 72.8 Å². The van der Waals surface area contributed by atoms with Gasteiger partial charge >= 0.3 is 0 Å². The normalized spacial score (nSPS) is 15.3. The lowest BCUT2D eigenvalue weighted by Crippen LogP contribution is -2.26. The largest absolute Gasteiger partial charge is 0.490 e. The molecule has 0 N–H and O–H groups in total. The summed E-state index contributed by atoms with van der Waals surface area (Å²) in [5.74, 6) is 2.05. The van der Waals surface area contributed by atoms with Gasteiger partial charge in [0.15, 0.2) is 11.5 Å². The van der Waals surface area contributed by atoms with Crippen LogP contribution in [0, 0.1) is 22.7 Å². The van der Waals surface area contributed by atoms with Gasteiger partial charge in [0.2, 0.25) is 0 Å². The number of rotatable bonds is 9. The van der Waals surface area contributed by atoms with Crippen LogP contribution < -0.4 is 9.47 Å². The van der Waals surface area contributed by atoms with Crippen molar-refractivity contribution in [3.8, 4) is 17.6 Å². The molecule has 0 aliphatic heterocycles. The molecule has 0 radical (unpaired) electrons. The van der Waals surface area contributed by atoms with E-state index >= 15 is 0 Å². The number of aliphatic imine (C=N–C) groups is 1. The second-order valence-electron chi connectivity index (χ2n) is 10.6. The second-order valence-corrected chi connectivity index (χ2v) is 11.7. The molecule has 0 amide bonds. The van der Waals surface area contributed by atoms with E-state index in [4.69, 9.17) is 14.5 Å². The maximum absolute atomic E-state index is 9.94. The van der Waals surface area contributed by atoms with Gasteiger partial charge < -0.3 is 9.47 Å².